The molecular weight excluding hydrogens is 172 g/mol. The van der Waals surface area contributed by atoms with E-state index in [2.05, 4.69) is 30.4 Å². The van der Waals surface area contributed by atoms with E-state index in [1.165, 1.54) is 16.8 Å². The van der Waals surface area contributed by atoms with Gasteiger partial charge < -0.3 is 11.1 Å². The molecule has 1 aliphatic heterocycles. The molecule has 2 nitrogen and oxygen atoms in total. The van der Waals surface area contributed by atoms with Crippen LogP contribution in [0.4, 0.5) is 5.69 Å². The van der Waals surface area contributed by atoms with Gasteiger partial charge in [-0.25, -0.2) is 0 Å². The van der Waals surface area contributed by atoms with Gasteiger partial charge in [0.1, 0.15) is 0 Å². The Labute approximate surface area is 85.5 Å². The van der Waals surface area contributed by atoms with Crippen LogP contribution in [-0.2, 0) is 12.8 Å². The Morgan fingerprint density at radius 2 is 2.36 bits per heavy atom. The van der Waals surface area contributed by atoms with E-state index in [0.29, 0.717) is 6.04 Å². The largest absolute Gasteiger partial charge is 0.382 e. The lowest BCUT2D eigenvalue weighted by molar-refractivity contribution is 0.737. The van der Waals surface area contributed by atoms with Gasteiger partial charge in [-0.2, -0.15) is 0 Å². The van der Waals surface area contributed by atoms with Crippen molar-refractivity contribution in [2.24, 2.45) is 5.73 Å². The standard InChI is InChI=1S/C12H18N2/c1-8(13)5-10-3-4-12-11(7-10)6-9(2)14-12/h3-4,7-9,14H,5-6,13H2,1-2H3. The minimum atomic E-state index is 0.250. The molecule has 0 radical (unpaired) electrons. The molecule has 14 heavy (non-hydrogen) atoms. The molecule has 2 atom stereocenters. The second-order valence-corrected chi connectivity index (χ2v) is 4.42. The fourth-order valence-electron chi connectivity index (χ4n) is 2.10. The zero-order chi connectivity index (χ0) is 10.1. The van der Waals surface area contributed by atoms with Crippen molar-refractivity contribution in [3.8, 4) is 0 Å². The topological polar surface area (TPSA) is 38.0 Å². The van der Waals surface area contributed by atoms with E-state index in [-0.39, 0.29) is 6.04 Å². The molecule has 0 saturated carbocycles. The van der Waals surface area contributed by atoms with Gasteiger partial charge >= 0.3 is 0 Å². The minimum Gasteiger partial charge on any atom is -0.382 e. The number of rotatable bonds is 2. The predicted molar refractivity (Wildman–Crippen MR) is 60.6 cm³/mol. The molecule has 0 amide bonds. The molecule has 1 aliphatic rings. The predicted octanol–water partition coefficient (Wildman–Crippen LogP) is 1.93. The number of benzene rings is 1. The van der Waals surface area contributed by atoms with Gasteiger partial charge in [-0.05, 0) is 43.9 Å². The van der Waals surface area contributed by atoms with Gasteiger partial charge in [-0.3, -0.25) is 0 Å². The molecule has 0 aliphatic carbocycles. The summed E-state index contributed by atoms with van der Waals surface area (Å²) in [5.74, 6) is 0. The Morgan fingerprint density at radius 3 is 3.07 bits per heavy atom. The summed E-state index contributed by atoms with van der Waals surface area (Å²) in [6, 6.07) is 7.47. The molecule has 1 aromatic rings. The lowest BCUT2D eigenvalue weighted by Crippen LogP contribution is -2.17. The van der Waals surface area contributed by atoms with E-state index in [9.17, 15) is 0 Å². The highest BCUT2D eigenvalue weighted by Gasteiger charge is 2.16. The second kappa shape index (κ2) is 3.62. The third-order valence-corrected chi connectivity index (χ3v) is 2.66. The first kappa shape index (κ1) is 9.53. The molecule has 0 saturated heterocycles. The smallest absolute Gasteiger partial charge is 0.0375 e. The van der Waals surface area contributed by atoms with Crippen LogP contribution in [0.1, 0.15) is 25.0 Å². The van der Waals surface area contributed by atoms with Crippen molar-refractivity contribution in [1.82, 2.24) is 0 Å². The van der Waals surface area contributed by atoms with Crippen molar-refractivity contribution in [2.75, 3.05) is 5.32 Å². The summed E-state index contributed by atoms with van der Waals surface area (Å²) in [7, 11) is 0. The fourth-order valence-corrected chi connectivity index (χ4v) is 2.10. The Bertz CT molecular complexity index is 331. The fraction of sp³-hybridized carbons (Fsp3) is 0.500. The lowest BCUT2D eigenvalue weighted by Gasteiger charge is -2.07. The summed E-state index contributed by atoms with van der Waals surface area (Å²) in [4.78, 5) is 0. The molecule has 1 heterocycles. The normalized spacial score (nSPS) is 21.5. The van der Waals surface area contributed by atoms with Crippen molar-refractivity contribution in [3.05, 3.63) is 29.3 Å². The van der Waals surface area contributed by atoms with Crippen molar-refractivity contribution in [3.63, 3.8) is 0 Å². The van der Waals surface area contributed by atoms with E-state index in [1.807, 2.05) is 6.92 Å². The molecule has 0 fully saturated rings. The van der Waals surface area contributed by atoms with E-state index < -0.39 is 0 Å². The third kappa shape index (κ3) is 1.90. The monoisotopic (exact) mass is 190 g/mol. The Hall–Kier alpha value is -1.02. The molecular formula is C12H18N2. The van der Waals surface area contributed by atoms with E-state index in [1.54, 1.807) is 0 Å². The molecule has 0 bridgehead atoms. The molecule has 2 unspecified atom stereocenters. The lowest BCUT2D eigenvalue weighted by atomic mass is 10.0. The third-order valence-electron chi connectivity index (χ3n) is 2.66. The maximum atomic E-state index is 5.78. The molecule has 0 aromatic heterocycles. The van der Waals surface area contributed by atoms with Crippen LogP contribution >= 0.6 is 0 Å². The van der Waals surface area contributed by atoms with Crippen LogP contribution in [0, 0.1) is 0 Å². The highest BCUT2D eigenvalue weighted by atomic mass is 14.9. The van der Waals surface area contributed by atoms with Crippen molar-refractivity contribution < 1.29 is 0 Å². The highest BCUT2D eigenvalue weighted by Crippen LogP contribution is 2.26. The molecule has 1 aromatic carbocycles. The Morgan fingerprint density at radius 1 is 1.57 bits per heavy atom. The van der Waals surface area contributed by atoms with Crippen LogP contribution in [-0.4, -0.2) is 12.1 Å². The molecule has 76 valence electrons. The van der Waals surface area contributed by atoms with E-state index in [0.717, 1.165) is 12.8 Å². The van der Waals surface area contributed by atoms with Gasteiger partial charge in [0, 0.05) is 17.8 Å². The molecule has 2 rings (SSSR count). The van der Waals surface area contributed by atoms with Gasteiger partial charge in [0.2, 0.25) is 0 Å². The van der Waals surface area contributed by atoms with Gasteiger partial charge in [0.05, 0.1) is 0 Å². The number of hydrogen-bond acceptors (Lipinski definition) is 2. The van der Waals surface area contributed by atoms with Crippen LogP contribution in [0.3, 0.4) is 0 Å². The summed E-state index contributed by atoms with van der Waals surface area (Å²) in [5, 5.41) is 3.45. The quantitative estimate of drug-likeness (QED) is 0.748. The summed E-state index contributed by atoms with van der Waals surface area (Å²) < 4.78 is 0. The number of nitrogens with one attached hydrogen (secondary N) is 1. The van der Waals surface area contributed by atoms with Crippen LogP contribution < -0.4 is 11.1 Å². The first-order chi connectivity index (χ1) is 6.65. The number of hydrogen-bond donors (Lipinski definition) is 2. The van der Waals surface area contributed by atoms with Crippen molar-refractivity contribution in [1.29, 1.82) is 0 Å². The first-order valence-electron chi connectivity index (χ1n) is 5.29. The van der Waals surface area contributed by atoms with E-state index in [4.69, 9.17) is 5.73 Å². The Kier molecular flexibility index (Phi) is 2.46. The van der Waals surface area contributed by atoms with Crippen LogP contribution in [0.15, 0.2) is 18.2 Å². The number of fused-ring (bicyclic) bond motifs is 1. The SMILES string of the molecule is CC(N)Cc1ccc2c(c1)CC(C)N2. The molecule has 0 spiro atoms. The van der Waals surface area contributed by atoms with Gasteiger partial charge in [-0.1, -0.05) is 12.1 Å². The maximum absolute atomic E-state index is 5.78. The van der Waals surface area contributed by atoms with Crippen LogP contribution in [0.2, 0.25) is 0 Å². The first-order valence-corrected chi connectivity index (χ1v) is 5.29. The van der Waals surface area contributed by atoms with Gasteiger partial charge in [0.25, 0.3) is 0 Å². The Balaban J connectivity index is 2.20. The second-order valence-electron chi connectivity index (χ2n) is 4.42. The van der Waals surface area contributed by atoms with E-state index >= 15 is 0 Å². The van der Waals surface area contributed by atoms with Crippen LogP contribution in [0.25, 0.3) is 0 Å². The zero-order valence-electron chi connectivity index (χ0n) is 8.88. The van der Waals surface area contributed by atoms with Crippen molar-refractivity contribution >= 4 is 5.69 Å². The van der Waals surface area contributed by atoms with Gasteiger partial charge in [-0.15, -0.1) is 0 Å². The van der Waals surface area contributed by atoms with Crippen molar-refractivity contribution in [2.45, 2.75) is 38.8 Å². The molecule has 2 heteroatoms. The zero-order valence-corrected chi connectivity index (χ0v) is 8.88. The summed E-state index contributed by atoms with van der Waals surface area (Å²) >= 11 is 0. The average Bonchev–Trinajstić information content (AvgIpc) is 2.42. The summed E-state index contributed by atoms with van der Waals surface area (Å²) in [6.45, 7) is 4.26. The average molecular weight is 190 g/mol. The molecule has 3 N–H and O–H groups in total. The summed E-state index contributed by atoms with van der Waals surface area (Å²) in [5.41, 5.74) is 9.88. The maximum Gasteiger partial charge on any atom is 0.0375 e. The number of nitrogens with two attached hydrogens (primary N) is 1. The van der Waals surface area contributed by atoms with Gasteiger partial charge in [0.15, 0.2) is 0 Å². The minimum absolute atomic E-state index is 0.250. The van der Waals surface area contributed by atoms with Crippen LogP contribution in [0.5, 0.6) is 0 Å². The highest BCUT2D eigenvalue weighted by molar-refractivity contribution is 5.57. The number of anilines is 1. The summed E-state index contributed by atoms with van der Waals surface area (Å²) in [6.07, 6.45) is 2.11.